The van der Waals surface area contributed by atoms with Gasteiger partial charge in [0.1, 0.15) is 11.5 Å². The molecular weight excluding hydrogens is 393 g/mol. The first-order chi connectivity index (χ1) is 13.7. The summed E-state index contributed by atoms with van der Waals surface area (Å²) in [6.45, 7) is 0.818. The maximum atomic E-state index is 12.1. The summed E-state index contributed by atoms with van der Waals surface area (Å²) in [5, 5.41) is 11.1. The molecule has 29 heavy (non-hydrogen) atoms. The Morgan fingerprint density at radius 3 is 2.21 bits per heavy atom. The summed E-state index contributed by atoms with van der Waals surface area (Å²) >= 11 is 0. The van der Waals surface area contributed by atoms with Crippen molar-refractivity contribution in [1.82, 2.24) is 0 Å². The Morgan fingerprint density at radius 2 is 1.66 bits per heavy atom. The number of hydrogen-bond donors (Lipinski definition) is 1. The Morgan fingerprint density at radius 1 is 1.07 bits per heavy atom. The number of amides is 1. The van der Waals surface area contributed by atoms with Gasteiger partial charge in [-0.25, -0.2) is 4.79 Å². The molecule has 2 aromatic rings. The predicted octanol–water partition coefficient (Wildman–Crippen LogP) is 3.41. The maximum absolute atomic E-state index is 12.1. The van der Waals surface area contributed by atoms with Gasteiger partial charge < -0.3 is 19.5 Å². The van der Waals surface area contributed by atoms with Crippen LogP contribution in [-0.4, -0.2) is 30.9 Å². The number of nitrogens with zero attached hydrogens (tertiary/aromatic N) is 1. The molecule has 0 bridgehead atoms. The monoisotopic (exact) mass is 408 g/mol. The van der Waals surface area contributed by atoms with Crippen molar-refractivity contribution in [3.05, 3.63) is 54.1 Å². The van der Waals surface area contributed by atoms with Gasteiger partial charge in [0.25, 0.3) is 5.91 Å². The second kappa shape index (κ2) is 9.45. The lowest BCUT2D eigenvalue weighted by Gasteiger charge is -2.14. The largest absolute Gasteiger partial charge is 0.573 e. The lowest BCUT2D eigenvalue weighted by atomic mass is 10.2. The molecule has 0 saturated carbocycles. The van der Waals surface area contributed by atoms with Gasteiger partial charge in [-0.1, -0.05) is 0 Å². The number of anilines is 1. The summed E-state index contributed by atoms with van der Waals surface area (Å²) < 4.78 is 50.2. The highest BCUT2D eigenvalue weighted by atomic mass is 19.4. The van der Waals surface area contributed by atoms with Gasteiger partial charge in [0.2, 0.25) is 0 Å². The van der Waals surface area contributed by atoms with E-state index in [1.54, 1.807) is 0 Å². The second-order valence-corrected chi connectivity index (χ2v) is 5.62. The number of benzene rings is 2. The molecule has 2 aromatic carbocycles. The molecule has 0 aliphatic carbocycles. The fourth-order valence-corrected chi connectivity index (χ4v) is 2.05. The molecule has 1 N–H and O–H groups in total. The highest BCUT2D eigenvalue weighted by Gasteiger charge is 2.31. The van der Waals surface area contributed by atoms with E-state index in [2.05, 4.69) is 10.1 Å². The van der Waals surface area contributed by atoms with Gasteiger partial charge >= 0.3 is 12.3 Å². The summed E-state index contributed by atoms with van der Waals surface area (Å²) in [6, 6.07) is 12.5. The molecule has 7 nitrogen and oxygen atoms in total. The van der Waals surface area contributed by atoms with E-state index in [-0.39, 0.29) is 5.69 Å². The number of rotatable bonds is 7. The van der Waals surface area contributed by atoms with E-state index >= 15 is 0 Å². The molecule has 0 heterocycles. The van der Waals surface area contributed by atoms with Gasteiger partial charge in [-0.15, -0.1) is 13.2 Å². The number of carbonyl (C=O) groups is 2. The third-order valence-corrected chi connectivity index (χ3v) is 3.35. The molecule has 0 aromatic heterocycles. The van der Waals surface area contributed by atoms with Crippen LogP contribution in [0.2, 0.25) is 0 Å². The lowest BCUT2D eigenvalue weighted by molar-refractivity contribution is -0.274. The maximum Gasteiger partial charge on any atom is 0.573 e. The molecule has 0 saturated heterocycles. The number of hydrogen-bond acceptors (Lipinski definition) is 6. The summed E-state index contributed by atoms with van der Waals surface area (Å²) in [5.74, 6) is -1.57. The van der Waals surface area contributed by atoms with Crippen LogP contribution in [0.1, 0.15) is 12.5 Å². The third kappa shape index (κ3) is 7.42. The van der Waals surface area contributed by atoms with E-state index in [1.165, 1.54) is 43.3 Å². The first-order valence-corrected chi connectivity index (χ1v) is 8.15. The number of alkyl halides is 3. The van der Waals surface area contributed by atoms with Crippen molar-refractivity contribution in [3.63, 3.8) is 0 Å². The summed E-state index contributed by atoms with van der Waals surface area (Å²) in [4.78, 5) is 23.7. The van der Waals surface area contributed by atoms with E-state index in [0.29, 0.717) is 11.3 Å². The van der Waals surface area contributed by atoms with Crippen molar-refractivity contribution >= 4 is 17.6 Å². The topological polar surface area (TPSA) is 97.6 Å². The molecule has 0 radical (unpaired) electrons. The van der Waals surface area contributed by atoms with Crippen molar-refractivity contribution in [2.45, 2.75) is 19.4 Å². The van der Waals surface area contributed by atoms with Crippen LogP contribution in [0, 0.1) is 11.3 Å². The molecule has 0 fully saturated rings. The first kappa shape index (κ1) is 21.6. The number of esters is 1. The summed E-state index contributed by atoms with van der Waals surface area (Å²) in [5.41, 5.74) is 0.629. The average Bonchev–Trinajstić information content (AvgIpc) is 2.67. The molecule has 0 aliphatic rings. The van der Waals surface area contributed by atoms with Crippen LogP contribution in [0.3, 0.4) is 0 Å². The number of nitriles is 1. The van der Waals surface area contributed by atoms with Crippen molar-refractivity contribution in [2.24, 2.45) is 0 Å². The summed E-state index contributed by atoms with van der Waals surface area (Å²) in [7, 11) is 0. The molecule has 1 atom stereocenters. The highest BCUT2D eigenvalue weighted by Crippen LogP contribution is 2.23. The van der Waals surface area contributed by atoms with Gasteiger partial charge in [-0.2, -0.15) is 5.26 Å². The van der Waals surface area contributed by atoms with Crippen LogP contribution in [0.4, 0.5) is 18.9 Å². The minimum Gasteiger partial charge on any atom is -0.479 e. The van der Waals surface area contributed by atoms with Crippen molar-refractivity contribution in [1.29, 1.82) is 5.26 Å². The van der Waals surface area contributed by atoms with Gasteiger partial charge in [-0.3, -0.25) is 4.79 Å². The number of nitrogens with one attached hydrogen (secondary N) is 1. The van der Waals surface area contributed by atoms with Gasteiger partial charge in [-0.05, 0) is 55.5 Å². The Labute approximate surface area is 163 Å². The number of halogens is 3. The molecule has 1 amide bonds. The molecule has 10 heteroatoms. The average molecular weight is 408 g/mol. The van der Waals surface area contributed by atoms with Crippen LogP contribution < -0.4 is 14.8 Å². The van der Waals surface area contributed by atoms with Gasteiger partial charge in [0, 0.05) is 5.69 Å². The zero-order chi connectivity index (χ0) is 21.4. The Bertz CT molecular complexity index is 890. The summed E-state index contributed by atoms with van der Waals surface area (Å²) in [6.07, 6.45) is -5.82. The number of carbonyl (C=O) groups excluding carboxylic acids is 2. The first-order valence-electron chi connectivity index (χ1n) is 8.15. The van der Waals surface area contributed by atoms with E-state index in [4.69, 9.17) is 14.7 Å². The molecule has 0 aliphatic heterocycles. The van der Waals surface area contributed by atoms with E-state index in [0.717, 1.165) is 12.1 Å². The standard InChI is InChI=1S/C19H15F3N2O5/c1-12(28-15-6-2-13(10-23)3-7-15)18(26)27-11-17(25)24-14-4-8-16(9-5-14)29-19(20,21)22/h2-9,12H,11H2,1H3,(H,24,25)/t12-/m0/s1. The van der Waals surface area contributed by atoms with Crippen molar-refractivity contribution < 1.29 is 37.0 Å². The van der Waals surface area contributed by atoms with Gasteiger partial charge in [0.15, 0.2) is 12.7 Å². The Hall–Kier alpha value is -3.74. The third-order valence-electron chi connectivity index (χ3n) is 3.35. The fourth-order valence-electron chi connectivity index (χ4n) is 2.05. The van der Waals surface area contributed by atoms with Crippen LogP contribution in [0.25, 0.3) is 0 Å². The van der Waals surface area contributed by atoms with Crippen molar-refractivity contribution in [3.8, 4) is 17.6 Å². The fraction of sp³-hybridized carbons (Fsp3) is 0.211. The SMILES string of the molecule is C[C@H](Oc1ccc(C#N)cc1)C(=O)OCC(=O)Nc1ccc(OC(F)(F)F)cc1. The minimum atomic E-state index is -4.81. The van der Waals surface area contributed by atoms with Gasteiger partial charge in [0.05, 0.1) is 11.6 Å². The molecule has 0 spiro atoms. The quantitative estimate of drug-likeness (QED) is 0.706. The van der Waals surface area contributed by atoms with E-state index < -0.39 is 36.7 Å². The normalized spacial score (nSPS) is 11.7. The Kier molecular flexibility index (Phi) is 7.03. The van der Waals surface area contributed by atoms with E-state index in [9.17, 15) is 22.8 Å². The zero-order valence-corrected chi connectivity index (χ0v) is 15.0. The second-order valence-electron chi connectivity index (χ2n) is 5.62. The highest BCUT2D eigenvalue weighted by molar-refractivity contribution is 5.93. The molecule has 152 valence electrons. The smallest absolute Gasteiger partial charge is 0.479 e. The molecular formula is C19H15F3N2O5. The van der Waals surface area contributed by atoms with E-state index in [1.807, 2.05) is 6.07 Å². The van der Waals surface area contributed by atoms with Crippen molar-refractivity contribution in [2.75, 3.05) is 11.9 Å². The lowest BCUT2D eigenvalue weighted by Crippen LogP contribution is -2.29. The number of ether oxygens (including phenoxy) is 3. The van der Waals surface area contributed by atoms with Crippen LogP contribution in [-0.2, 0) is 14.3 Å². The van der Waals surface area contributed by atoms with Crippen LogP contribution >= 0.6 is 0 Å². The molecule has 0 unspecified atom stereocenters. The predicted molar refractivity (Wildman–Crippen MR) is 94.0 cm³/mol. The van der Waals surface area contributed by atoms with Crippen LogP contribution in [0.5, 0.6) is 11.5 Å². The zero-order valence-electron chi connectivity index (χ0n) is 15.0. The molecule has 2 rings (SSSR count). The van der Waals surface area contributed by atoms with Crippen LogP contribution in [0.15, 0.2) is 48.5 Å². The Balaban J connectivity index is 1.78. The minimum absolute atomic E-state index is 0.197.